The van der Waals surface area contributed by atoms with Gasteiger partial charge in [0.1, 0.15) is 0 Å². The van der Waals surface area contributed by atoms with Gasteiger partial charge in [0.05, 0.1) is 11.5 Å². The number of carbonyl (C=O) groups excluding carboxylic acids is 1. The van der Waals surface area contributed by atoms with E-state index in [1.54, 1.807) is 12.1 Å². The van der Waals surface area contributed by atoms with Gasteiger partial charge in [0.2, 0.25) is 10.0 Å². The Balaban J connectivity index is 1.54. The summed E-state index contributed by atoms with van der Waals surface area (Å²) < 4.78 is 32.7. The predicted octanol–water partition coefficient (Wildman–Crippen LogP) is 3.02. The van der Waals surface area contributed by atoms with E-state index in [1.807, 2.05) is 30.3 Å². The molecule has 1 amide bonds. The van der Waals surface area contributed by atoms with Crippen molar-refractivity contribution >= 4 is 26.9 Å². The number of rotatable bonds is 6. The topological polar surface area (TPSA) is 98.5 Å². The van der Waals surface area contributed by atoms with Crippen LogP contribution in [0.5, 0.6) is 0 Å². The van der Waals surface area contributed by atoms with Crippen molar-refractivity contribution in [3.8, 4) is 0 Å². The number of carbonyl (C=O) groups is 1. The highest BCUT2D eigenvalue weighted by molar-refractivity contribution is 7.89. The Morgan fingerprint density at radius 3 is 2.38 bits per heavy atom. The number of nitrogens with two attached hydrogens (primary N) is 1. The maximum absolute atomic E-state index is 12.6. The van der Waals surface area contributed by atoms with Crippen LogP contribution in [0.25, 0.3) is 10.8 Å². The minimum absolute atomic E-state index is 0.291. The lowest BCUT2D eigenvalue weighted by atomic mass is 9.82. The number of fused-ring (bicyclic) bond motifs is 1. The molecule has 0 aliphatic heterocycles. The van der Waals surface area contributed by atoms with Crippen LogP contribution in [0.3, 0.4) is 0 Å². The van der Waals surface area contributed by atoms with Crippen molar-refractivity contribution in [1.82, 2.24) is 4.72 Å². The zero-order valence-corrected chi connectivity index (χ0v) is 15.4. The van der Waals surface area contributed by atoms with E-state index < -0.39 is 16.1 Å². The van der Waals surface area contributed by atoms with E-state index in [0.717, 1.165) is 36.5 Å². The first-order valence-electron chi connectivity index (χ1n) is 8.85. The predicted molar refractivity (Wildman–Crippen MR) is 100 cm³/mol. The fourth-order valence-corrected chi connectivity index (χ4v) is 4.60. The number of hydrogen-bond donors (Lipinski definition) is 2. The first-order chi connectivity index (χ1) is 12.4. The fraction of sp³-hybridized carbons (Fsp3) is 0.421. The molecule has 1 aliphatic carbocycles. The summed E-state index contributed by atoms with van der Waals surface area (Å²) in [6, 6.07) is 12.9. The number of primary amides is 1. The monoisotopic (exact) mass is 376 g/mol. The largest absolute Gasteiger partial charge is 0.449 e. The Hall–Kier alpha value is -2.12. The summed E-state index contributed by atoms with van der Waals surface area (Å²) in [5.41, 5.74) is 4.98. The van der Waals surface area contributed by atoms with E-state index in [2.05, 4.69) is 4.72 Å². The molecule has 0 atom stereocenters. The molecule has 0 heterocycles. The molecule has 0 unspecified atom stereocenters. The molecule has 6 nitrogen and oxygen atoms in total. The van der Waals surface area contributed by atoms with Gasteiger partial charge in [-0.2, -0.15) is 0 Å². The lowest BCUT2D eigenvalue weighted by Crippen LogP contribution is -2.32. The highest BCUT2D eigenvalue weighted by Crippen LogP contribution is 2.29. The molecule has 3 N–H and O–H groups in total. The fourth-order valence-electron chi connectivity index (χ4n) is 3.45. The van der Waals surface area contributed by atoms with Gasteiger partial charge in [0.15, 0.2) is 0 Å². The van der Waals surface area contributed by atoms with E-state index >= 15 is 0 Å². The van der Waals surface area contributed by atoms with Crippen LogP contribution in [0.1, 0.15) is 25.7 Å². The van der Waals surface area contributed by atoms with Crippen molar-refractivity contribution in [2.45, 2.75) is 30.6 Å². The van der Waals surface area contributed by atoms with Gasteiger partial charge in [-0.3, -0.25) is 0 Å². The summed E-state index contributed by atoms with van der Waals surface area (Å²) in [5.74, 6) is 0.617. The van der Waals surface area contributed by atoms with Gasteiger partial charge in [0, 0.05) is 6.54 Å². The highest BCUT2D eigenvalue weighted by Gasteiger charge is 2.24. The number of amides is 1. The SMILES string of the molecule is NC(=O)OC[C@H]1CC[C@H](CNS(=O)(=O)c2ccc3ccccc3c2)CC1. The Bertz CT molecular complexity index is 874. The third-order valence-corrected chi connectivity index (χ3v) is 6.44. The van der Waals surface area contributed by atoms with Crippen molar-refractivity contribution in [1.29, 1.82) is 0 Å². The summed E-state index contributed by atoms with van der Waals surface area (Å²) in [6.07, 6.45) is 2.90. The van der Waals surface area contributed by atoms with Crippen molar-refractivity contribution in [3.05, 3.63) is 42.5 Å². The molecule has 0 saturated heterocycles. The molecule has 0 aromatic heterocycles. The number of ether oxygens (including phenoxy) is 1. The molecular formula is C19H24N2O4S. The number of nitrogens with one attached hydrogen (secondary N) is 1. The van der Waals surface area contributed by atoms with E-state index in [1.165, 1.54) is 0 Å². The van der Waals surface area contributed by atoms with E-state index in [-0.39, 0.29) is 0 Å². The molecule has 0 spiro atoms. The molecular weight excluding hydrogens is 352 g/mol. The maximum atomic E-state index is 12.6. The van der Waals surface area contributed by atoms with Crippen molar-refractivity contribution < 1.29 is 17.9 Å². The van der Waals surface area contributed by atoms with Crippen LogP contribution in [0.15, 0.2) is 47.4 Å². The number of benzene rings is 2. The minimum atomic E-state index is -3.52. The average molecular weight is 376 g/mol. The zero-order valence-electron chi connectivity index (χ0n) is 14.6. The van der Waals surface area contributed by atoms with Crippen LogP contribution in [0, 0.1) is 11.8 Å². The molecule has 0 bridgehead atoms. The molecule has 1 saturated carbocycles. The van der Waals surface area contributed by atoms with Gasteiger partial charge in [-0.25, -0.2) is 17.9 Å². The van der Waals surface area contributed by atoms with Gasteiger partial charge >= 0.3 is 6.09 Å². The van der Waals surface area contributed by atoms with E-state index in [9.17, 15) is 13.2 Å². The molecule has 26 heavy (non-hydrogen) atoms. The normalized spacial score (nSPS) is 20.8. The van der Waals surface area contributed by atoms with Gasteiger partial charge in [-0.15, -0.1) is 0 Å². The molecule has 140 valence electrons. The second-order valence-corrected chi connectivity index (χ2v) is 8.64. The van der Waals surface area contributed by atoms with Gasteiger partial charge in [-0.1, -0.05) is 30.3 Å². The second kappa shape index (κ2) is 8.05. The van der Waals surface area contributed by atoms with E-state index in [0.29, 0.717) is 29.9 Å². The molecule has 1 aliphatic rings. The standard InChI is InChI=1S/C19H24N2O4S/c20-19(22)25-13-15-7-5-14(6-8-15)12-21-26(23,24)18-10-9-16-3-1-2-4-17(16)11-18/h1-4,9-11,14-15,21H,5-8,12-13H2,(H2,20,22)/t14-,15-. The first kappa shape index (κ1) is 18.7. The van der Waals surface area contributed by atoms with E-state index in [4.69, 9.17) is 10.5 Å². The summed E-state index contributed by atoms with van der Waals surface area (Å²) >= 11 is 0. The smallest absolute Gasteiger partial charge is 0.404 e. The zero-order chi connectivity index (χ0) is 18.6. The first-order valence-corrected chi connectivity index (χ1v) is 10.3. The average Bonchev–Trinajstić information content (AvgIpc) is 2.65. The highest BCUT2D eigenvalue weighted by atomic mass is 32.2. The Labute approximate surface area is 153 Å². The summed E-state index contributed by atoms with van der Waals surface area (Å²) in [7, 11) is -3.52. The third-order valence-electron chi connectivity index (χ3n) is 5.02. The molecule has 1 fully saturated rings. The Kier molecular flexibility index (Phi) is 5.78. The maximum Gasteiger partial charge on any atom is 0.404 e. The second-order valence-electron chi connectivity index (χ2n) is 6.88. The molecule has 2 aromatic rings. The molecule has 3 rings (SSSR count). The third kappa shape index (κ3) is 4.74. The number of sulfonamides is 1. The molecule has 2 aromatic carbocycles. The summed E-state index contributed by atoms with van der Waals surface area (Å²) in [4.78, 5) is 11.0. The minimum Gasteiger partial charge on any atom is -0.449 e. The molecule has 7 heteroatoms. The molecule has 0 radical (unpaired) electrons. The Morgan fingerprint density at radius 2 is 1.69 bits per heavy atom. The van der Waals surface area contributed by atoms with Crippen LogP contribution in [-0.4, -0.2) is 27.7 Å². The lowest BCUT2D eigenvalue weighted by Gasteiger charge is -2.28. The van der Waals surface area contributed by atoms with Crippen LogP contribution in [0.4, 0.5) is 4.79 Å². The summed E-state index contributed by atoms with van der Waals surface area (Å²) in [6.45, 7) is 0.781. The van der Waals surface area contributed by atoms with Crippen LogP contribution >= 0.6 is 0 Å². The number of hydrogen-bond acceptors (Lipinski definition) is 4. The quantitative estimate of drug-likeness (QED) is 0.809. The van der Waals surface area contributed by atoms with Crippen molar-refractivity contribution in [2.75, 3.05) is 13.2 Å². The van der Waals surface area contributed by atoms with Gasteiger partial charge in [-0.05, 0) is 60.4 Å². The van der Waals surface area contributed by atoms with Crippen LogP contribution in [0.2, 0.25) is 0 Å². The van der Waals surface area contributed by atoms with Crippen molar-refractivity contribution in [2.24, 2.45) is 17.6 Å². The van der Waals surface area contributed by atoms with Crippen LogP contribution < -0.4 is 10.5 Å². The Morgan fingerprint density at radius 1 is 1.04 bits per heavy atom. The van der Waals surface area contributed by atoms with Gasteiger partial charge < -0.3 is 10.5 Å². The summed E-state index contributed by atoms with van der Waals surface area (Å²) in [5, 5.41) is 1.92. The van der Waals surface area contributed by atoms with Gasteiger partial charge in [0.25, 0.3) is 0 Å². The van der Waals surface area contributed by atoms with Crippen LogP contribution in [-0.2, 0) is 14.8 Å². The lowest BCUT2D eigenvalue weighted by molar-refractivity contribution is 0.117. The van der Waals surface area contributed by atoms with Crippen molar-refractivity contribution in [3.63, 3.8) is 0 Å².